The van der Waals surface area contributed by atoms with Gasteiger partial charge in [0.15, 0.2) is 0 Å². The van der Waals surface area contributed by atoms with E-state index in [1.807, 2.05) is 42.2 Å². The smallest absolute Gasteiger partial charge is 0.273 e. The fraction of sp³-hybridized carbons (Fsp3) is 0.185. The van der Waals surface area contributed by atoms with Crippen molar-refractivity contribution in [2.45, 2.75) is 26.3 Å². The van der Waals surface area contributed by atoms with Gasteiger partial charge in [0.1, 0.15) is 17.1 Å². The first kappa shape index (κ1) is 20.1. The van der Waals surface area contributed by atoms with Crippen molar-refractivity contribution in [1.82, 2.24) is 15.1 Å². The molecule has 0 unspecified atom stereocenters. The summed E-state index contributed by atoms with van der Waals surface area (Å²) in [5.41, 5.74) is 6.93. The minimum Gasteiger partial charge on any atom is -0.507 e. The Kier molecular flexibility index (Phi) is 5.02. The second kappa shape index (κ2) is 8.00. The average molecular weight is 424 g/mol. The first-order chi connectivity index (χ1) is 15.5. The predicted molar refractivity (Wildman–Crippen MR) is 125 cm³/mol. The molecule has 1 aromatic heterocycles. The maximum absolute atomic E-state index is 13.4. The molecule has 4 aromatic rings. The Morgan fingerprint density at radius 2 is 1.69 bits per heavy atom. The number of aromatic hydroxyl groups is 1. The predicted octanol–water partition coefficient (Wildman–Crippen LogP) is 5.19. The van der Waals surface area contributed by atoms with Crippen LogP contribution >= 0.6 is 0 Å². The minimum atomic E-state index is -0.267. The first-order valence-electron chi connectivity index (χ1n) is 10.8. The summed E-state index contributed by atoms with van der Waals surface area (Å²) < 4.78 is 0. The van der Waals surface area contributed by atoms with Gasteiger partial charge in [-0.05, 0) is 49.1 Å². The normalized spacial score (nSPS) is 15.2. The van der Waals surface area contributed by atoms with Crippen LogP contribution in [-0.4, -0.2) is 32.7 Å². The highest BCUT2D eigenvalue weighted by Gasteiger charge is 2.42. The molecule has 5 heteroatoms. The molecule has 5 rings (SSSR count). The van der Waals surface area contributed by atoms with E-state index in [2.05, 4.69) is 53.5 Å². The van der Waals surface area contributed by atoms with Gasteiger partial charge in [0, 0.05) is 17.7 Å². The minimum absolute atomic E-state index is 0.0631. The number of hydrogen-bond acceptors (Lipinski definition) is 3. The van der Waals surface area contributed by atoms with E-state index in [0.717, 1.165) is 28.7 Å². The van der Waals surface area contributed by atoms with Crippen molar-refractivity contribution >= 4 is 5.91 Å². The Labute approximate surface area is 187 Å². The number of H-pyrrole nitrogens is 1. The molecule has 1 aliphatic rings. The quantitative estimate of drug-likeness (QED) is 0.464. The van der Waals surface area contributed by atoms with Gasteiger partial charge in [0.25, 0.3) is 5.91 Å². The lowest BCUT2D eigenvalue weighted by molar-refractivity contribution is 0.0746. The van der Waals surface area contributed by atoms with Crippen LogP contribution in [0, 0.1) is 13.8 Å². The summed E-state index contributed by atoms with van der Waals surface area (Å²) in [6.45, 7) is 4.57. The lowest BCUT2D eigenvalue weighted by atomic mass is 9.94. The van der Waals surface area contributed by atoms with Gasteiger partial charge in [-0.3, -0.25) is 9.89 Å². The van der Waals surface area contributed by atoms with Crippen molar-refractivity contribution in [2.75, 3.05) is 6.54 Å². The van der Waals surface area contributed by atoms with Gasteiger partial charge in [0.2, 0.25) is 0 Å². The number of benzene rings is 3. The number of rotatable bonds is 5. The molecular weight excluding hydrogens is 398 g/mol. The highest BCUT2D eigenvalue weighted by atomic mass is 16.3. The maximum atomic E-state index is 13.4. The van der Waals surface area contributed by atoms with Crippen molar-refractivity contribution in [3.63, 3.8) is 0 Å². The van der Waals surface area contributed by atoms with Gasteiger partial charge < -0.3 is 10.0 Å². The summed E-state index contributed by atoms with van der Waals surface area (Å²) in [5.74, 6) is 0.101. The van der Waals surface area contributed by atoms with Gasteiger partial charge in [-0.1, -0.05) is 66.2 Å². The number of aryl methyl sites for hydroxylation is 2. The van der Waals surface area contributed by atoms with Crippen LogP contribution in [0.1, 0.15) is 44.3 Å². The number of nitrogens with zero attached hydrogens (tertiary/aromatic N) is 2. The van der Waals surface area contributed by atoms with E-state index in [0.29, 0.717) is 23.5 Å². The standard InChI is InChI=1S/C27H25N3O2/c1-17-8-11-20(12-9-17)26-23-24(21-13-10-18(2)16-22(21)31)28-29-25(23)27(32)30(26)15-14-19-6-4-3-5-7-19/h3-13,16,26,31H,14-15H2,1-2H3,(H,28,29)/t26-/m0/s1. The molecule has 0 radical (unpaired) electrons. The largest absolute Gasteiger partial charge is 0.507 e. The second-order valence-corrected chi connectivity index (χ2v) is 8.43. The van der Waals surface area contributed by atoms with Gasteiger partial charge >= 0.3 is 0 Å². The molecule has 0 fully saturated rings. The highest BCUT2D eigenvalue weighted by molar-refractivity contribution is 6.00. The van der Waals surface area contributed by atoms with Crippen LogP contribution in [0.15, 0.2) is 72.8 Å². The zero-order valence-corrected chi connectivity index (χ0v) is 18.2. The first-order valence-corrected chi connectivity index (χ1v) is 10.8. The SMILES string of the molecule is Cc1ccc([C@H]2c3c(-c4ccc(C)cc4O)n[nH]c3C(=O)N2CCc2ccccc2)cc1. The molecule has 0 spiro atoms. The molecule has 160 valence electrons. The molecule has 2 heterocycles. The maximum Gasteiger partial charge on any atom is 0.273 e. The lowest BCUT2D eigenvalue weighted by Crippen LogP contribution is -2.31. The number of hydrogen-bond donors (Lipinski definition) is 2. The van der Waals surface area contributed by atoms with Crippen LogP contribution in [0.3, 0.4) is 0 Å². The average Bonchev–Trinajstić information content (AvgIpc) is 3.33. The van der Waals surface area contributed by atoms with E-state index in [1.54, 1.807) is 6.07 Å². The monoisotopic (exact) mass is 423 g/mol. The highest BCUT2D eigenvalue weighted by Crippen LogP contribution is 2.44. The van der Waals surface area contributed by atoms with Crippen LogP contribution in [0.4, 0.5) is 0 Å². The van der Waals surface area contributed by atoms with Crippen LogP contribution in [0.5, 0.6) is 5.75 Å². The lowest BCUT2D eigenvalue weighted by Gasteiger charge is -2.26. The summed E-state index contributed by atoms with van der Waals surface area (Å²) in [4.78, 5) is 15.4. The molecule has 0 saturated carbocycles. The zero-order valence-electron chi connectivity index (χ0n) is 18.2. The molecule has 1 amide bonds. The molecular formula is C27H25N3O2. The fourth-order valence-electron chi connectivity index (χ4n) is 4.46. The number of carbonyl (C=O) groups excluding carboxylic acids is 1. The van der Waals surface area contributed by atoms with Crippen molar-refractivity contribution in [3.05, 3.63) is 106 Å². The van der Waals surface area contributed by atoms with E-state index in [4.69, 9.17) is 0 Å². The molecule has 1 atom stereocenters. The Morgan fingerprint density at radius 1 is 0.969 bits per heavy atom. The molecule has 3 aromatic carbocycles. The molecule has 0 bridgehead atoms. The van der Waals surface area contributed by atoms with E-state index in [1.165, 1.54) is 5.56 Å². The number of aromatic nitrogens is 2. The Hall–Kier alpha value is -3.86. The third-order valence-corrected chi connectivity index (χ3v) is 6.15. The number of phenols is 1. The molecule has 32 heavy (non-hydrogen) atoms. The number of amides is 1. The molecule has 0 saturated heterocycles. The number of carbonyl (C=O) groups is 1. The van der Waals surface area contributed by atoms with Crippen LogP contribution < -0.4 is 0 Å². The van der Waals surface area contributed by atoms with Crippen molar-refractivity contribution in [1.29, 1.82) is 0 Å². The van der Waals surface area contributed by atoms with Gasteiger partial charge in [-0.25, -0.2) is 0 Å². The number of phenolic OH excluding ortho intramolecular Hbond substituents is 1. The summed E-state index contributed by atoms with van der Waals surface area (Å²) in [6.07, 6.45) is 0.762. The molecule has 2 N–H and O–H groups in total. The van der Waals surface area contributed by atoms with E-state index in [9.17, 15) is 9.90 Å². The summed E-state index contributed by atoms with van der Waals surface area (Å²) in [5, 5.41) is 18.0. The number of fused-ring (bicyclic) bond motifs is 1. The van der Waals surface area contributed by atoms with Crippen LogP contribution in [0.25, 0.3) is 11.3 Å². The number of nitrogens with one attached hydrogen (secondary N) is 1. The summed E-state index contributed by atoms with van der Waals surface area (Å²) in [6, 6.07) is 23.7. The van der Waals surface area contributed by atoms with Crippen molar-refractivity contribution in [3.8, 4) is 17.0 Å². The summed E-state index contributed by atoms with van der Waals surface area (Å²) in [7, 11) is 0. The van der Waals surface area contributed by atoms with E-state index >= 15 is 0 Å². The zero-order chi connectivity index (χ0) is 22.2. The van der Waals surface area contributed by atoms with Gasteiger partial charge in [-0.15, -0.1) is 0 Å². The van der Waals surface area contributed by atoms with Gasteiger partial charge in [0.05, 0.1) is 6.04 Å². The van der Waals surface area contributed by atoms with E-state index in [-0.39, 0.29) is 17.7 Å². The summed E-state index contributed by atoms with van der Waals surface area (Å²) >= 11 is 0. The topological polar surface area (TPSA) is 69.2 Å². The molecule has 1 aliphatic heterocycles. The Bertz CT molecular complexity index is 1280. The van der Waals surface area contributed by atoms with E-state index < -0.39 is 0 Å². The Balaban J connectivity index is 1.60. The van der Waals surface area contributed by atoms with Gasteiger partial charge in [-0.2, -0.15) is 5.10 Å². The number of aromatic amines is 1. The fourth-order valence-corrected chi connectivity index (χ4v) is 4.46. The van der Waals surface area contributed by atoms with Crippen molar-refractivity contribution in [2.24, 2.45) is 0 Å². The second-order valence-electron chi connectivity index (χ2n) is 8.43. The van der Waals surface area contributed by atoms with Crippen LogP contribution in [-0.2, 0) is 6.42 Å². The Morgan fingerprint density at radius 3 is 2.41 bits per heavy atom. The van der Waals surface area contributed by atoms with Crippen molar-refractivity contribution < 1.29 is 9.90 Å². The third-order valence-electron chi connectivity index (χ3n) is 6.15. The molecule has 0 aliphatic carbocycles. The van der Waals surface area contributed by atoms with Crippen LogP contribution in [0.2, 0.25) is 0 Å². The third kappa shape index (κ3) is 3.46. The molecule has 5 nitrogen and oxygen atoms in total.